The molecular weight excluding hydrogens is 422 g/mol. The van der Waals surface area contributed by atoms with E-state index in [1.54, 1.807) is 18.2 Å². The zero-order valence-electron chi connectivity index (χ0n) is 18.3. The average Bonchev–Trinajstić information content (AvgIpc) is 3.08. The number of nitro groups is 1. The van der Waals surface area contributed by atoms with Crippen molar-refractivity contribution in [3.8, 4) is 11.5 Å². The number of hydrogen-bond donors (Lipinski definition) is 0. The molecule has 1 heterocycles. The Balaban J connectivity index is 1.51. The normalized spacial score (nSPS) is 14.0. The molecule has 0 aromatic heterocycles. The highest BCUT2D eigenvalue weighted by molar-refractivity contribution is 6.14. The second-order valence-corrected chi connectivity index (χ2v) is 8.67. The van der Waals surface area contributed by atoms with Crippen LogP contribution in [0.2, 0.25) is 0 Å². The topological polar surface area (TPSA) is 95.7 Å². The van der Waals surface area contributed by atoms with E-state index in [1.165, 1.54) is 42.5 Å². The molecule has 0 radical (unpaired) electrons. The van der Waals surface area contributed by atoms with Crippen molar-refractivity contribution in [2.24, 2.45) is 0 Å². The largest absolute Gasteiger partial charge is 0.452 e. The van der Waals surface area contributed by atoms with E-state index in [4.69, 9.17) is 9.47 Å². The lowest BCUT2D eigenvalue weighted by atomic mass is 9.87. The first-order valence-corrected chi connectivity index (χ1v) is 10.3. The maximum Gasteiger partial charge on any atom is 0.343 e. The quantitative estimate of drug-likeness (QED) is 0.168. The van der Waals surface area contributed by atoms with Crippen molar-refractivity contribution in [1.29, 1.82) is 0 Å². The third-order valence-corrected chi connectivity index (χ3v) is 5.22. The molecule has 0 saturated carbocycles. The first-order valence-electron chi connectivity index (χ1n) is 10.3. The second-order valence-electron chi connectivity index (χ2n) is 8.67. The van der Waals surface area contributed by atoms with E-state index in [0.717, 1.165) is 5.56 Å². The molecule has 1 aliphatic rings. The fraction of sp³-hybridized carbons (Fsp3) is 0.154. The van der Waals surface area contributed by atoms with Crippen molar-refractivity contribution in [2.45, 2.75) is 26.2 Å². The van der Waals surface area contributed by atoms with Gasteiger partial charge in [-0.25, -0.2) is 4.79 Å². The average molecular weight is 443 g/mol. The Kier molecular flexibility index (Phi) is 5.55. The number of non-ortho nitro benzene ring substituents is 1. The van der Waals surface area contributed by atoms with Gasteiger partial charge in [0.15, 0.2) is 5.76 Å². The molecule has 0 bridgehead atoms. The van der Waals surface area contributed by atoms with E-state index < -0.39 is 10.9 Å². The lowest BCUT2D eigenvalue weighted by Gasteiger charge is -2.18. The van der Waals surface area contributed by atoms with Crippen molar-refractivity contribution < 1.29 is 24.0 Å². The fourth-order valence-electron chi connectivity index (χ4n) is 3.38. The summed E-state index contributed by atoms with van der Waals surface area (Å²) in [6.07, 6.45) is 1.44. The Hall–Kier alpha value is -4.26. The van der Waals surface area contributed by atoms with Crippen LogP contribution in [0.1, 0.15) is 52.6 Å². The summed E-state index contributed by atoms with van der Waals surface area (Å²) in [4.78, 5) is 35.6. The molecule has 0 spiro atoms. The minimum absolute atomic E-state index is 0.0256. The Morgan fingerprint density at radius 2 is 1.76 bits per heavy atom. The molecule has 7 nitrogen and oxygen atoms in total. The summed E-state index contributed by atoms with van der Waals surface area (Å²) in [6, 6.07) is 17.6. The van der Waals surface area contributed by atoms with Gasteiger partial charge in [-0.05, 0) is 46.9 Å². The number of fused-ring (bicyclic) bond motifs is 1. The Labute approximate surface area is 190 Å². The van der Waals surface area contributed by atoms with Gasteiger partial charge >= 0.3 is 5.97 Å². The van der Waals surface area contributed by atoms with E-state index >= 15 is 0 Å². The van der Waals surface area contributed by atoms with Crippen LogP contribution in [0, 0.1) is 10.1 Å². The number of ether oxygens (including phenoxy) is 2. The first kappa shape index (κ1) is 22.0. The van der Waals surface area contributed by atoms with Gasteiger partial charge in [-0.3, -0.25) is 14.9 Å². The van der Waals surface area contributed by atoms with Gasteiger partial charge < -0.3 is 9.47 Å². The maximum atomic E-state index is 12.7. The van der Waals surface area contributed by atoms with Crippen LogP contribution in [0.15, 0.2) is 72.5 Å². The summed E-state index contributed by atoms with van der Waals surface area (Å²) in [5.41, 5.74) is 2.18. The molecule has 4 rings (SSSR count). The molecule has 33 heavy (non-hydrogen) atoms. The van der Waals surface area contributed by atoms with Crippen LogP contribution in [-0.4, -0.2) is 16.7 Å². The lowest BCUT2D eigenvalue weighted by Crippen LogP contribution is -2.12. The molecule has 0 amide bonds. The number of carbonyl (C=O) groups excluding carboxylic acids is 2. The van der Waals surface area contributed by atoms with Crippen LogP contribution >= 0.6 is 0 Å². The molecule has 0 fully saturated rings. The summed E-state index contributed by atoms with van der Waals surface area (Å²) in [5.74, 6) is -0.348. The molecule has 0 aliphatic carbocycles. The minimum Gasteiger partial charge on any atom is -0.452 e. The molecule has 0 saturated heterocycles. The molecule has 0 N–H and O–H groups in total. The monoisotopic (exact) mass is 443 g/mol. The van der Waals surface area contributed by atoms with Crippen molar-refractivity contribution >= 4 is 23.5 Å². The van der Waals surface area contributed by atoms with Crippen molar-refractivity contribution in [2.75, 3.05) is 0 Å². The van der Waals surface area contributed by atoms with Crippen molar-refractivity contribution in [1.82, 2.24) is 0 Å². The fourth-order valence-corrected chi connectivity index (χ4v) is 3.38. The summed E-state index contributed by atoms with van der Waals surface area (Å²) < 4.78 is 11.1. The number of carbonyl (C=O) groups is 2. The number of nitro benzene ring substituents is 1. The summed E-state index contributed by atoms with van der Waals surface area (Å²) in [6.45, 7) is 6.27. The SMILES string of the molecule is CC(C)(C)c1ccc(C(=O)Oc2ccc3c(c2)O/C(=C\c2cccc([N+](=O)[O-])c2)C3=O)cc1. The number of rotatable bonds is 4. The van der Waals surface area contributed by atoms with Crippen LogP contribution in [0.3, 0.4) is 0 Å². The van der Waals surface area contributed by atoms with Gasteiger partial charge in [0.1, 0.15) is 11.5 Å². The summed E-state index contributed by atoms with van der Waals surface area (Å²) >= 11 is 0. The Bertz CT molecular complexity index is 1300. The second kappa shape index (κ2) is 8.35. The number of nitrogens with zero attached hydrogens (tertiary/aromatic N) is 1. The molecule has 1 aliphatic heterocycles. The van der Waals surface area contributed by atoms with Gasteiger partial charge in [0.05, 0.1) is 16.1 Å². The number of hydrogen-bond acceptors (Lipinski definition) is 6. The van der Waals surface area contributed by atoms with Gasteiger partial charge in [-0.2, -0.15) is 0 Å². The third-order valence-electron chi connectivity index (χ3n) is 5.22. The third kappa shape index (κ3) is 4.67. The van der Waals surface area contributed by atoms with E-state index in [9.17, 15) is 19.7 Å². The summed E-state index contributed by atoms with van der Waals surface area (Å²) in [7, 11) is 0. The molecule has 7 heteroatoms. The van der Waals surface area contributed by atoms with E-state index in [2.05, 4.69) is 20.8 Å². The van der Waals surface area contributed by atoms with Gasteiger partial charge in [-0.15, -0.1) is 0 Å². The molecular formula is C26H21NO6. The Morgan fingerprint density at radius 3 is 2.42 bits per heavy atom. The molecule has 3 aromatic carbocycles. The molecule has 0 unspecified atom stereocenters. The zero-order chi connectivity index (χ0) is 23.8. The summed E-state index contributed by atoms with van der Waals surface area (Å²) in [5, 5.41) is 11.0. The van der Waals surface area contributed by atoms with E-state index in [0.29, 0.717) is 16.7 Å². The predicted molar refractivity (Wildman–Crippen MR) is 123 cm³/mol. The molecule has 166 valence electrons. The highest BCUT2D eigenvalue weighted by Gasteiger charge is 2.28. The number of allylic oxidation sites excluding steroid dienone is 1. The smallest absolute Gasteiger partial charge is 0.343 e. The van der Waals surface area contributed by atoms with Crippen LogP contribution in [0.4, 0.5) is 5.69 Å². The van der Waals surface area contributed by atoms with Gasteiger partial charge in [0.2, 0.25) is 5.78 Å². The number of ketones is 1. The number of benzene rings is 3. The maximum absolute atomic E-state index is 12.7. The van der Waals surface area contributed by atoms with Gasteiger partial charge in [0.25, 0.3) is 5.69 Å². The molecule has 0 atom stereocenters. The standard InChI is InChI=1S/C26H21NO6/c1-26(2,3)18-9-7-17(8-10-18)25(29)32-20-11-12-21-22(15-20)33-23(24(21)28)14-16-5-4-6-19(13-16)27(30)31/h4-15H,1-3H3/b23-14-. The minimum atomic E-state index is -0.521. The van der Waals surface area contributed by atoms with Gasteiger partial charge in [0, 0.05) is 18.2 Å². The highest BCUT2D eigenvalue weighted by atomic mass is 16.6. The zero-order valence-corrected chi connectivity index (χ0v) is 18.3. The lowest BCUT2D eigenvalue weighted by molar-refractivity contribution is -0.384. The van der Waals surface area contributed by atoms with E-state index in [1.807, 2.05) is 12.1 Å². The number of Topliss-reactive ketones (excluding diaryl/α,β-unsaturated/α-hetero) is 1. The van der Waals surface area contributed by atoms with Crippen molar-refractivity contribution in [3.63, 3.8) is 0 Å². The van der Waals surface area contributed by atoms with Crippen LogP contribution in [0.5, 0.6) is 11.5 Å². The predicted octanol–water partition coefficient (Wildman–Crippen LogP) is 5.73. The Morgan fingerprint density at radius 1 is 1.03 bits per heavy atom. The van der Waals surface area contributed by atoms with Crippen molar-refractivity contribution in [3.05, 3.63) is 105 Å². The first-order chi connectivity index (χ1) is 15.6. The highest BCUT2D eigenvalue weighted by Crippen LogP contribution is 2.35. The number of esters is 1. The van der Waals surface area contributed by atoms with Crippen LogP contribution in [0.25, 0.3) is 6.08 Å². The van der Waals surface area contributed by atoms with E-state index in [-0.39, 0.29) is 34.1 Å². The molecule has 3 aromatic rings. The van der Waals surface area contributed by atoms with Gasteiger partial charge in [-0.1, -0.05) is 45.0 Å². The van der Waals surface area contributed by atoms with Crippen LogP contribution < -0.4 is 9.47 Å². The van der Waals surface area contributed by atoms with Crippen LogP contribution in [-0.2, 0) is 5.41 Å².